The van der Waals surface area contributed by atoms with Gasteiger partial charge < -0.3 is 9.47 Å². The molecule has 2 aromatic carbocycles. The van der Waals surface area contributed by atoms with Gasteiger partial charge in [0.2, 0.25) is 0 Å². The molecule has 0 aromatic heterocycles. The third kappa shape index (κ3) is 4.28. The highest BCUT2D eigenvalue weighted by atomic mass is 16.7. The van der Waals surface area contributed by atoms with Gasteiger partial charge in [-0.2, -0.15) is 5.06 Å². The normalized spacial score (nSPS) is 26.5. The van der Waals surface area contributed by atoms with Crippen molar-refractivity contribution in [2.24, 2.45) is 5.92 Å². The lowest BCUT2D eigenvalue weighted by Gasteiger charge is -2.33. The van der Waals surface area contributed by atoms with Crippen LogP contribution in [0.4, 0.5) is 0 Å². The van der Waals surface area contributed by atoms with E-state index in [-0.39, 0.29) is 6.10 Å². The van der Waals surface area contributed by atoms with E-state index in [1.807, 2.05) is 24.3 Å². The maximum Gasteiger partial charge on any atom is 0.0813 e. The summed E-state index contributed by atoms with van der Waals surface area (Å²) in [6.45, 7) is 3.62. The molecule has 0 bridgehead atoms. The molecule has 0 N–H and O–H groups in total. The van der Waals surface area contributed by atoms with Crippen LogP contribution in [-0.2, 0) is 27.5 Å². The summed E-state index contributed by atoms with van der Waals surface area (Å²) in [4.78, 5) is 5.94. The van der Waals surface area contributed by atoms with E-state index < -0.39 is 0 Å². The van der Waals surface area contributed by atoms with Crippen molar-refractivity contribution in [1.29, 1.82) is 0 Å². The molecule has 2 aromatic rings. The quantitative estimate of drug-likeness (QED) is 0.807. The molecule has 0 amide bonds. The minimum atomic E-state index is 0.172. The lowest BCUT2D eigenvalue weighted by molar-refractivity contribution is -0.161. The first kappa shape index (κ1) is 16.7. The Labute approximate surface area is 149 Å². The lowest BCUT2D eigenvalue weighted by Crippen LogP contribution is -2.43. The molecule has 3 atom stereocenters. The topological polar surface area (TPSA) is 30.9 Å². The molecule has 0 spiro atoms. The monoisotopic (exact) mass is 339 g/mol. The van der Waals surface area contributed by atoms with Crippen molar-refractivity contribution in [3.63, 3.8) is 0 Å². The molecule has 0 saturated carbocycles. The smallest absolute Gasteiger partial charge is 0.0813 e. The number of hydrogen-bond acceptors (Lipinski definition) is 4. The minimum absolute atomic E-state index is 0.172. The molecule has 132 valence electrons. The first-order valence-electron chi connectivity index (χ1n) is 9.05. The molecule has 0 radical (unpaired) electrons. The van der Waals surface area contributed by atoms with Crippen LogP contribution in [0.5, 0.6) is 0 Å². The highest BCUT2D eigenvalue weighted by Gasteiger charge is 2.40. The Morgan fingerprint density at radius 3 is 2.40 bits per heavy atom. The number of hydrogen-bond donors (Lipinski definition) is 0. The maximum atomic E-state index is 6.05. The molecule has 2 saturated heterocycles. The zero-order chi connectivity index (χ0) is 16.9. The van der Waals surface area contributed by atoms with Gasteiger partial charge in [-0.25, -0.2) is 0 Å². The second-order valence-electron chi connectivity index (χ2n) is 6.88. The Hall–Kier alpha value is -1.72. The van der Waals surface area contributed by atoms with Gasteiger partial charge in [0.25, 0.3) is 0 Å². The molecule has 4 rings (SSSR count). The fourth-order valence-electron chi connectivity index (χ4n) is 3.64. The summed E-state index contributed by atoms with van der Waals surface area (Å²) in [6, 6.07) is 21.1. The molecule has 25 heavy (non-hydrogen) atoms. The maximum absolute atomic E-state index is 6.05. The zero-order valence-electron chi connectivity index (χ0n) is 14.4. The van der Waals surface area contributed by atoms with Crippen LogP contribution in [0, 0.1) is 5.92 Å². The van der Waals surface area contributed by atoms with E-state index in [2.05, 4.69) is 41.5 Å². The Morgan fingerprint density at radius 2 is 1.64 bits per heavy atom. The van der Waals surface area contributed by atoms with Crippen molar-refractivity contribution < 1.29 is 14.3 Å². The SMILES string of the molecule is c1ccc(COC[C@@H]2C[C@H]3CON(Cc4ccccc4)[C@H]3CO2)cc1. The van der Waals surface area contributed by atoms with Crippen LogP contribution in [-0.4, -0.2) is 37.0 Å². The molecule has 4 heteroatoms. The van der Waals surface area contributed by atoms with E-state index in [0.717, 1.165) is 26.2 Å². The Balaban J connectivity index is 1.24. The first-order valence-corrected chi connectivity index (χ1v) is 9.05. The van der Waals surface area contributed by atoms with Gasteiger partial charge >= 0.3 is 0 Å². The number of hydroxylamine groups is 2. The summed E-state index contributed by atoms with van der Waals surface area (Å²) in [5.41, 5.74) is 2.48. The number of nitrogens with zero attached hydrogens (tertiary/aromatic N) is 1. The molecule has 0 aliphatic carbocycles. The van der Waals surface area contributed by atoms with Crippen molar-refractivity contribution in [2.75, 3.05) is 19.8 Å². The van der Waals surface area contributed by atoms with Crippen LogP contribution in [0.15, 0.2) is 60.7 Å². The van der Waals surface area contributed by atoms with Gasteiger partial charge in [-0.3, -0.25) is 4.84 Å². The summed E-state index contributed by atoms with van der Waals surface area (Å²) in [5, 5.41) is 2.10. The molecule has 2 fully saturated rings. The van der Waals surface area contributed by atoms with Crippen LogP contribution < -0.4 is 0 Å². The van der Waals surface area contributed by atoms with E-state index in [9.17, 15) is 0 Å². The number of benzene rings is 2. The summed E-state index contributed by atoms with van der Waals surface area (Å²) < 4.78 is 11.9. The van der Waals surface area contributed by atoms with Crippen LogP contribution >= 0.6 is 0 Å². The second-order valence-corrected chi connectivity index (χ2v) is 6.88. The molecule has 0 unspecified atom stereocenters. The summed E-state index contributed by atoms with van der Waals surface area (Å²) >= 11 is 0. The Bertz CT molecular complexity index is 649. The average molecular weight is 339 g/mol. The lowest BCUT2D eigenvalue weighted by atomic mass is 9.92. The van der Waals surface area contributed by atoms with E-state index in [0.29, 0.717) is 25.2 Å². The third-order valence-corrected chi connectivity index (χ3v) is 5.03. The molecule has 2 aliphatic heterocycles. The van der Waals surface area contributed by atoms with E-state index in [4.69, 9.17) is 14.3 Å². The van der Waals surface area contributed by atoms with Gasteiger partial charge in [0.1, 0.15) is 0 Å². The highest BCUT2D eigenvalue weighted by molar-refractivity contribution is 5.15. The predicted octanol–water partition coefficient (Wildman–Crippen LogP) is 3.42. The Morgan fingerprint density at radius 1 is 0.920 bits per heavy atom. The van der Waals surface area contributed by atoms with Gasteiger partial charge in [-0.1, -0.05) is 60.7 Å². The predicted molar refractivity (Wildman–Crippen MR) is 95.7 cm³/mol. The molecule has 2 heterocycles. The van der Waals surface area contributed by atoms with E-state index in [1.54, 1.807) is 0 Å². The first-order chi connectivity index (χ1) is 12.4. The van der Waals surface area contributed by atoms with Crippen LogP contribution in [0.1, 0.15) is 17.5 Å². The minimum Gasteiger partial charge on any atom is -0.374 e. The van der Waals surface area contributed by atoms with Crippen LogP contribution in [0.2, 0.25) is 0 Å². The van der Waals surface area contributed by atoms with Crippen molar-refractivity contribution in [3.8, 4) is 0 Å². The number of rotatable bonds is 6. The summed E-state index contributed by atoms with van der Waals surface area (Å²) in [7, 11) is 0. The van der Waals surface area contributed by atoms with Crippen molar-refractivity contribution in [2.45, 2.75) is 31.7 Å². The molecule has 4 nitrogen and oxygen atoms in total. The second kappa shape index (κ2) is 8.11. The van der Waals surface area contributed by atoms with Gasteiger partial charge in [0.15, 0.2) is 0 Å². The van der Waals surface area contributed by atoms with Crippen molar-refractivity contribution in [3.05, 3.63) is 71.8 Å². The number of fused-ring (bicyclic) bond motifs is 1. The van der Waals surface area contributed by atoms with Gasteiger partial charge in [0.05, 0.1) is 38.6 Å². The van der Waals surface area contributed by atoms with Gasteiger partial charge in [0, 0.05) is 12.5 Å². The molecular weight excluding hydrogens is 314 g/mol. The third-order valence-electron chi connectivity index (χ3n) is 5.03. The standard InChI is InChI=1S/C21H25NO3/c1-3-7-17(8-4-1)12-22-21-16-24-20(11-19(21)14-25-22)15-23-13-18-9-5-2-6-10-18/h1-10,19-21H,11-16H2/t19-,20-,21-/m0/s1. The molecular formula is C21H25NO3. The molecule has 2 aliphatic rings. The van der Waals surface area contributed by atoms with Crippen molar-refractivity contribution >= 4 is 0 Å². The largest absolute Gasteiger partial charge is 0.374 e. The van der Waals surface area contributed by atoms with Gasteiger partial charge in [-0.05, 0) is 17.5 Å². The fraction of sp³-hybridized carbons (Fsp3) is 0.429. The fourth-order valence-corrected chi connectivity index (χ4v) is 3.64. The van der Waals surface area contributed by atoms with Crippen LogP contribution in [0.3, 0.4) is 0 Å². The summed E-state index contributed by atoms with van der Waals surface area (Å²) in [6.07, 6.45) is 1.18. The highest BCUT2D eigenvalue weighted by Crippen LogP contribution is 2.32. The zero-order valence-corrected chi connectivity index (χ0v) is 14.4. The van der Waals surface area contributed by atoms with Crippen LogP contribution in [0.25, 0.3) is 0 Å². The average Bonchev–Trinajstić information content (AvgIpc) is 3.06. The van der Waals surface area contributed by atoms with Crippen molar-refractivity contribution in [1.82, 2.24) is 5.06 Å². The summed E-state index contributed by atoms with van der Waals surface area (Å²) in [5.74, 6) is 0.530. The number of ether oxygens (including phenoxy) is 2. The van der Waals surface area contributed by atoms with E-state index in [1.165, 1.54) is 11.1 Å². The van der Waals surface area contributed by atoms with Gasteiger partial charge in [-0.15, -0.1) is 0 Å². The van der Waals surface area contributed by atoms with E-state index >= 15 is 0 Å². The Kier molecular flexibility index (Phi) is 5.43.